The van der Waals surface area contributed by atoms with E-state index in [-0.39, 0.29) is 6.61 Å². The summed E-state index contributed by atoms with van der Waals surface area (Å²) in [7, 11) is 0. The molecule has 2 aliphatic carbocycles. The lowest BCUT2D eigenvalue weighted by molar-refractivity contribution is -0.0459. The number of hydrogen-bond donors (Lipinski definition) is 4. The molecule has 3 aliphatic rings. The number of ether oxygens (including phenoxy) is 1. The molecular weight excluding hydrogens is 376 g/mol. The number of aromatic amines is 1. The minimum absolute atomic E-state index is 0.223. The van der Waals surface area contributed by atoms with Crippen molar-refractivity contribution in [2.24, 2.45) is 5.41 Å². The van der Waals surface area contributed by atoms with Crippen molar-refractivity contribution >= 4 is 17.0 Å². The maximum Gasteiger partial charge on any atom is 0.185 e. The largest absolute Gasteiger partial charge is 0.394 e. The van der Waals surface area contributed by atoms with E-state index in [1.807, 2.05) is 4.57 Å². The average molecular weight is 398 g/mol. The first-order valence-electron chi connectivity index (χ1n) is 10.0. The maximum absolute atomic E-state index is 10.7. The van der Waals surface area contributed by atoms with E-state index in [1.165, 1.54) is 6.42 Å². The second-order valence-corrected chi connectivity index (χ2v) is 8.23. The Morgan fingerprint density at radius 2 is 2.17 bits per heavy atom. The number of aliphatic hydroxyl groups is 2. The lowest BCUT2D eigenvalue weighted by Crippen LogP contribution is -2.30. The molecule has 3 atom stereocenters. The van der Waals surface area contributed by atoms with Crippen molar-refractivity contribution < 1.29 is 14.9 Å². The molecule has 0 radical (unpaired) electrons. The Labute approximate surface area is 165 Å². The van der Waals surface area contributed by atoms with Crippen LogP contribution in [-0.2, 0) is 4.74 Å². The van der Waals surface area contributed by atoms with Gasteiger partial charge in [-0.25, -0.2) is 15.0 Å². The van der Waals surface area contributed by atoms with E-state index in [9.17, 15) is 10.2 Å². The van der Waals surface area contributed by atoms with Crippen LogP contribution >= 0.6 is 0 Å². The Balaban J connectivity index is 1.48. The van der Waals surface area contributed by atoms with E-state index in [1.54, 1.807) is 12.5 Å². The first-order valence-corrected chi connectivity index (χ1v) is 10.0. The Kier molecular flexibility index (Phi) is 3.68. The van der Waals surface area contributed by atoms with Gasteiger partial charge in [-0.2, -0.15) is 15.4 Å². The van der Waals surface area contributed by atoms with Crippen LogP contribution < -0.4 is 5.32 Å². The second kappa shape index (κ2) is 6.18. The minimum atomic E-state index is -0.709. The Bertz CT molecular complexity index is 1040. The van der Waals surface area contributed by atoms with Gasteiger partial charge in [0.25, 0.3) is 0 Å². The number of fused-ring (bicyclic) bond motifs is 1. The van der Waals surface area contributed by atoms with E-state index >= 15 is 0 Å². The third kappa shape index (κ3) is 2.51. The number of anilines is 1. The third-order valence-electron chi connectivity index (χ3n) is 6.51. The van der Waals surface area contributed by atoms with Crippen molar-refractivity contribution in [3.8, 4) is 11.5 Å². The van der Waals surface area contributed by atoms with Gasteiger partial charge in [0.1, 0.15) is 18.0 Å². The summed E-state index contributed by atoms with van der Waals surface area (Å²) in [6.45, 7) is -0.223. The molecule has 6 rings (SSSR count). The highest BCUT2D eigenvalue weighted by Gasteiger charge is 2.64. The zero-order valence-electron chi connectivity index (χ0n) is 15.7. The van der Waals surface area contributed by atoms with Gasteiger partial charge < -0.3 is 20.3 Å². The smallest absolute Gasteiger partial charge is 0.185 e. The summed E-state index contributed by atoms with van der Waals surface area (Å²) in [5.41, 5.74) is 1.41. The molecule has 2 saturated carbocycles. The number of hydrogen-bond acceptors (Lipinski definition) is 9. The molecule has 11 nitrogen and oxygen atoms in total. The highest BCUT2D eigenvalue weighted by atomic mass is 16.5. The van der Waals surface area contributed by atoms with Gasteiger partial charge in [-0.05, 0) is 32.1 Å². The highest BCUT2D eigenvalue weighted by molar-refractivity contribution is 5.85. The van der Waals surface area contributed by atoms with Crippen molar-refractivity contribution in [3.63, 3.8) is 0 Å². The number of aliphatic hydroxyl groups excluding tert-OH is 2. The van der Waals surface area contributed by atoms with Gasteiger partial charge in [-0.15, -0.1) is 0 Å². The standard InChI is InChI=1S/C18H22N8O3/c27-7-11-13(28)18(4-5-18)17(29-11)26-8-19-12-15(21-9-2-1-3-9)22-14(23-16(12)26)10-6-20-25-24-10/h6,8-9,11,13,17,27-28H,1-5,7H2,(H,20,24,25)(H,21,22,23)/t11-,13-,17-/m1/s1. The van der Waals surface area contributed by atoms with E-state index in [0.29, 0.717) is 34.5 Å². The summed E-state index contributed by atoms with van der Waals surface area (Å²) in [5, 5.41) is 34.3. The number of nitrogens with zero attached hydrogens (tertiary/aromatic N) is 6. The summed E-state index contributed by atoms with van der Waals surface area (Å²) in [6, 6.07) is 0.376. The fourth-order valence-electron chi connectivity index (χ4n) is 4.42. The van der Waals surface area contributed by atoms with Crippen LogP contribution in [-0.4, -0.2) is 70.0 Å². The molecule has 0 amide bonds. The SMILES string of the molecule is OC[C@H]1O[C@@H](n2cnc3c(NC4CCC4)nc(-c4cn[nH]n4)nc32)C2(CC2)[C@@H]1O. The molecule has 1 saturated heterocycles. The molecule has 4 heterocycles. The molecule has 1 aliphatic heterocycles. The topological polar surface area (TPSA) is 147 Å². The van der Waals surface area contributed by atoms with Crippen LogP contribution in [0, 0.1) is 5.41 Å². The lowest BCUT2D eigenvalue weighted by Gasteiger charge is -2.27. The minimum Gasteiger partial charge on any atom is -0.394 e. The van der Waals surface area contributed by atoms with Crippen molar-refractivity contribution in [1.29, 1.82) is 0 Å². The number of rotatable bonds is 5. The van der Waals surface area contributed by atoms with E-state index < -0.39 is 23.9 Å². The normalized spacial score (nSPS) is 28.1. The summed E-state index contributed by atoms with van der Waals surface area (Å²) in [6.07, 6.45) is 6.60. The van der Waals surface area contributed by atoms with Gasteiger partial charge in [0, 0.05) is 11.5 Å². The molecular formula is C18H22N8O3. The van der Waals surface area contributed by atoms with E-state index in [0.717, 1.165) is 25.7 Å². The third-order valence-corrected chi connectivity index (χ3v) is 6.51. The molecule has 4 N–H and O–H groups in total. The van der Waals surface area contributed by atoms with Gasteiger partial charge in [0.15, 0.2) is 22.8 Å². The Morgan fingerprint density at radius 1 is 1.31 bits per heavy atom. The fourth-order valence-corrected chi connectivity index (χ4v) is 4.42. The van der Waals surface area contributed by atoms with Crippen LogP contribution in [0.1, 0.15) is 38.3 Å². The fraction of sp³-hybridized carbons (Fsp3) is 0.611. The molecule has 0 aromatic carbocycles. The Hall–Kier alpha value is -2.63. The second-order valence-electron chi connectivity index (χ2n) is 8.23. The zero-order valence-corrected chi connectivity index (χ0v) is 15.7. The van der Waals surface area contributed by atoms with Crippen molar-refractivity contribution in [1.82, 2.24) is 34.9 Å². The van der Waals surface area contributed by atoms with E-state index in [4.69, 9.17) is 9.72 Å². The molecule has 3 aromatic rings. The molecule has 29 heavy (non-hydrogen) atoms. The predicted octanol–water partition coefficient (Wildman–Crippen LogP) is 0.607. The van der Waals surface area contributed by atoms with Gasteiger partial charge in [0.05, 0.1) is 25.2 Å². The van der Waals surface area contributed by atoms with Crippen LogP contribution in [0.25, 0.3) is 22.7 Å². The summed E-state index contributed by atoms with van der Waals surface area (Å²) < 4.78 is 7.90. The number of nitrogens with one attached hydrogen (secondary N) is 2. The summed E-state index contributed by atoms with van der Waals surface area (Å²) in [5.74, 6) is 1.11. The van der Waals surface area contributed by atoms with E-state index in [2.05, 4.69) is 30.7 Å². The summed E-state index contributed by atoms with van der Waals surface area (Å²) in [4.78, 5) is 13.9. The van der Waals surface area contributed by atoms with Gasteiger partial charge in [-0.3, -0.25) is 4.57 Å². The average Bonchev–Trinajstić information content (AvgIpc) is 3.04. The molecule has 1 spiro atoms. The molecule has 0 unspecified atom stereocenters. The van der Waals surface area contributed by atoms with Gasteiger partial charge in [-0.1, -0.05) is 0 Å². The number of imidazole rings is 1. The zero-order chi connectivity index (χ0) is 19.6. The molecule has 11 heteroatoms. The van der Waals surface area contributed by atoms with Crippen LogP contribution in [0.15, 0.2) is 12.5 Å². The van der Waals surface area contributed by atoms with Crippen molar-refractivity contribution in [3.05, 3.63) is 12.5 Å². The monoisotopic (exact) mass is 398 g/mol. The van der Waals surface area contributed by atoms with Gasteiger partial charge >= 0.3 is 0 Å². The lowest BCUT2D eigenvalue weighted by atomic mass is 9.93. The van der Waals surface area contributed by atoms with Crippen LogP contribution in [0.5, 0.6) is 0 Å². The van der Waals surface area contributed by atoms with Crippen LogP contribution in [0.2, 0.25) is 0 Å². The molecule has 152 valence electrons. The highest BCUT2D eigenvalue weighted by Crippen LogP contribution is 2.62. The maximum atomic E-state index is 10.7. The Morgan fingerprint density at radius 3 is 2.83 bits per heavy atom. The first-order chi connectivity index (χ1) is 14.2. The van der Waals surface area contributed by atoms with Crippen molar-refractivity contribution in [2.75, 3.05) is 11.9 Å². The molecule has 0 bridgehead atoms. The van der Waals surface area contributed by atoms with Crippen LogP contribution in [0.3, 0.4) is 0 Å². The first kappa shape index (κ1) is 17.2. The summed E-state index contributed by atoms with van der Waals surface area (Å²) >= 11 is 0. The van der Waals surface area contributed by atoms with Crippen LogP contribution in [0.4, 0.5) is 5.82 Å². The van der Waals surface area contributed by atoms with Crippen molar-refractivity contribution in [2.45, 2.75) is 56.6 Å². The molecule has 3 fully saturated rings. The molecule has 3 aromatic heterocycles. The predicted molar refractivity (Wildman–Crippen MR) is 101 cm³/mol. The number of aromatic nitrogens is 7. The quantitative estimate of drug-likeness (QED) is 0.485. The van der Waals surface area contributed by atoms with Gasteiger partial charge in [0.2, 0.25) is 0 Å². The number of H-pyrrole nitrogens is 1.